The van der Waals surface area contributed by atoms with Crippen LogP contribution in [0.4, 0.5) is 0 Å². The van der Waals surface area contributed by atoms with Gasteiger partial charge in [-0.25, -0.2) is 0 Å². The van der Waals surface area contributed by atoms with Gasteiger partial charge in [0.05, 0.1) is 6.20 Å². The van der Waals surface area contributed by atoms with Crippen LogP contribution in [0.2, 0.25) is 0 Å². The van der Waals surface area contributed by atoms with Crippen LogP contribution in [-0.4, -0.2) is 44.1 Å². The molecule has 0 saturated carbocycles. The molecule has 1 fully saturated rings. The Hall–Kier alpha value is -0.910. The molecule has 16 heavy (non-hydrogen) atoms. The fraction of sp³-hybridized carbons (Fsp3) is 0.700. The maximum absolute atomic E-state index is 12.1. The van der Waals surface area contributed by atoms with Gasteiger partial charge in [0.25, 0.3) is 5.91 Å². The fourth-order valence-electron chi connectivity index (χ4n) is 2.17. The van der Waals surface area contributed by atoms with Gasteiger partial charge in [0.2, 0.25) is 0 Å². The van der Waals surface area contributed by atoms with E-state index in [9.17, 15) is 4.79 Å². The van der Waals surface area contributed by atoms with Crippen molar-refractivity contribution in [2.24, 2.45) is 0 Å². The molecule has 1 unspecified atom stereocenters. The summed E-state index contributed by atoms with van der Waals surface area (Å²) in [5, 5.41) is 11.0. The molecule has 88 valence electrons. The lowest BCUT2D eigenvalue weighted by molar-refractivity contribution is 0.0724. The molecule has 1 saturated heterocycles. The van der Waals surface area contributed by atoms with Gasteiger partial charge in [-0.3, -0.25) is 4.79 Å². The smallest absolute Gasteiger partial charge is 0.276 e. The molecule has 0 aromatic carbocycles. The third-order valence-electron chi connectivity index (χ3n) is 2.94. The predicted molar refractivity (Wildman–Crippen MR) is 63.5 cm³/mol. The van der Waals surface area contributed by atoms with Crippen LogP contribution < -0.4 is 0 Å². The van der Waals surface area contributed by atoms with Crippen LogP contribution in [0, 0.1) is 0 Å². The molecule has 0 spiro atoms. The Kier molecular flexibility index (Phi) is 3.93. The van der Waals surface area contributed by atoms with Crippen LogP contribution in [-0.2, 0) is 0 Å². The Bertz CT molecular complexity index is 341. The van der Waals surface area contributed by atoms with Crippen LogP contribution in [0.1, 0.15) is 36.2 Å². The molecule has 0 aliphatic carbocycles. The van der Waals surface area contributed by atoms with Gasteiger partial charge in [-0.2, -0.15) is 15.4 Å². The summed E-state index contributed by atoms with van der Waals surface area (Å²) in [5.74, 6) is 0.00539. The van der Waals surface area contributed by atoms with E-state index >= 15 is 0 Å². The first-order valence-corrected chi connectivity index (χ1v) is 6.68. The molecular formula is C10H15BrN4O. The number of alkyl halides is 1. The lowest BCUT2D eigenvalue weighted by Crippen LogP contribution is -2.35. The summed E-state index contributed by atoms with van der Waals surface area (Å²) in [4.78, 5) is 14.0. The summed E-state index contributed by atoms with van der Waals surface area (Å²) in [6.07, 6.45) is 5.86. The maximum Gasteiger partial charge on any atom is 0.276 e. The number of nitrogens with one attached hydrogen (secondary N) is 1. The number of likely N-dealkylation sites (tertiary alicyclic amines) is 1. The molecular weight excluding hydrogens is 272 g/mol. The molecule has 0 radical (unpaired) electrons. The monoisotopic (exact) mass is 286 g/mol. The minimum absolute atomic E-state index is 0.00539. The molecule has 1 aromatic heterocycles. The van der Waals surface area contributed by atoms with Gasteiger partial charge in [-0.15, -0.1) is 0 Å². The zero-order valence-corrected chi connectivity index (χ0v) is 10.6. The van der Waals surface area contributed by atoms with Crippen molar-refractivity contribution in [2.75, 3.05) is 11.9 Å². The molecule has 1 aliphatic rings. The normalized spacial score (nSPS) is 20.3. The SMILES string of the molecule is O=C(c1cn[nH]n1)N1CCCC1CCCBr. The highest BCUT2D eigenvalue weighted by Gasteiger charge is 2.29. The van der Waals surface area contributed by atoms with Crippen molar-refractivity contribution in [3.05, 3.63) is 11.9 Å². The lowest BCUT2D eigenvalue weighted by atomic mass is 10.1. The zero-order valence-electron chi connectivity index (χ0n) is 9.03. The van der Waals surface area contributed by atoms with E-state index in [-0.39, 0.29) is 5.91 Å². The first-order chi connectivity index (χ1) is 7.83. The van der Waals surface area contributed by atoms with Crippen LogP contribution in [0.5, 0.6) is 0 Å². The number of carbonyl (C=O) groups is 1. The number of carbonyl (C=O) groups excluding carboxylic acids is 1. The number of hydrogen-bond acceptors (Lipinski definition) is 3. The Morgan fingerprint density at radius 1 is 1.69 bits per heavy atom. The summed E-state index contributed by atoms with van der Waals surface area (Å²) >= 11 is 3.42. The van der Waals surface area contributed by atoms with Crippen molar-refractivity contribution in [3.63, 3.8) is 0 Å². The van der Waals surface area contributed by atoms with E-state index in [1.54, 1.807) is 0 Å². The van der Waals surface area contributed by atoms with Gasteiger partial charge in [0.1, 0.15) is 0 Å². The average Bonchev–Trinajstić information content (AvgIpc) is 2.96. The van der Waals surface area contributed by atoms with Crippen LogP contribution >= 0.6 is 15.9 Å². The highest BCUT2D eigenvalue weighted by molar-refractivity contribution is 9.09. The van der Waals surface area contributed by atoms with Gasteiger partial charge in [0, 0.05) is 17.9 Å². The number of amides is 1. The van der Waals surface area contributed by atoms with Gasteiger partial charge >= 0.3 is 0 Å². The number of rotatable bonds is 4. The molecule has 1 N–H and O–H groups in total. The van der Waals surface area contributed by atoms with E-state index < -0.39 is 0 Å². The van der Waals surface area contributed by atoms with Crippen molar-refractivity contribution in [1.29, 1.82) is 0 Å². The Morgan fingerprint density at radius 3 is 3.25 bits per heavy atom. The van der Waals surface area contributed by atoms with E-state index in [1.165, 1.54) is 6.20 Å². The number of hydrogen-bond donors (Lipinski definition) is 1. The van der Waals surface area contributed by atoms with Gasteiger partial charge in [0.15, 0.2) is 5.69 Å². The van der Waals surface area contributed by atoms with Crippen molar-refractivity contribution < 1.29 is 4.79 Å². The highest BCUT2D eigenvalue weighted by Crippen LogP contribution is 2.23. The number of aromatic amines is 1. The topological polar surface area (TPSA) is 61.9 Å². The maximum atomic E-state index is 12.1. The molecule has 2 rings (SSSR count). The number of halogens is 1. The standard InChI is InChI=1S/C10H15BrN4O/c11-5-1-3-8-4-2-6-15(8)10(16)9-7-12-14-13-9/h7-8H,1-6H2,(H,12,13,14). The molecule has 1 atom stereocenters. The van der Waals surface area contributed by atoms with Gasteiger partial charge in [-0.05, 0) is 25.7 Å². The Morgan fingerprint density at radius 2 is 2.56 bits per heavy atom. The molecule has 1 aliphatic heterocycles. The van der Waals surface area contributed by atoms with Crippen molar-refractivity contribution in [1.82, 2.24) is 20.3 Å². The molecule has 2 heterocycles. The van der Waals surface area contributed by atoms with Crippen molar-refractivity contribution in [2.45, 2.75) is 31.7 Å². The predicted octanol–water partition coefficient (Wildman–Crippen LogP) is 1.58. The van der Waals surface area contributed by atoms with Crippen LogP contribution in [0.3, 0.4) is 0 Å². The number of aromatic nitrogens is 3. The van der Waals surface area contributed by atoms with E-state index in [1.807, 2.05) is 4.90 Å². The summed E-state index contributed by atoms with van der Waals surface area (Å²) in [5.41, 5.74) is 0.422. The summed E-state index contributed by atoms with van der Waals surface area (Å²) in [6, 6.07) is 0.377. The summed E-state index contributed by atoms with van der Waals surface area (Å²) in [6.45, 7) is 0.846. The Balaban J connectivity index is 1.99. The second kappa shape index (κ2) is 5.43. The minimum atomic E-state index is 0.00539. The minimum Gasteiger partial charge on any atom is -0.334 e. The molecule has 6 heteroatoms. The summed E-state index contributed by atoms with van der Waals surface area (Å²) in [7, 11) is 0. The Labute approximate surface area is 103 Å². The van der Waals surface area contributed by atoms with E-state index in [0.29, 0.717) is 11.7 Å². The quantitative estimate of drug-likeness (QED) is 0.855. The van der Waals surface area contributed by atoms with E-state index in [2.05, 4.69) is 31.3 Å². The highest BCUT2D eigenvalue weighted by atomic mass is 79.9. The van der Waals surface area contributed by atoms with Gasteiger partial charge < -0.3 is 4.90 Å². The first-order valence-electron chi connectivity index (χ1n) is 5.55. The lowest BCUT2D eigenvalue weighted by Gasteiger charge is -2.23. The average molecular weight is 287 g/mol. The third-order valence-corrected chi connectivity index (χ3v) is 3.50. The largest absolute Gasteiger partial charge is 0.334 e. The molecule has 5 nitrogen and oxygen atoms in total. The molecule has 0 bridgehead atoms. The van der Waals surface area contributed by atoms with Gasteiger partial charge in [-0.1, -0.05) is 15.9 Å². The first kappa shape index (κ1) is 11.6. The zero-order chi connectivity index (χ0) is 11.4. The molecule has 1 amide bonds. The fourth-order valence-corrected chi connectivity index (χ4v) is 2.49. The van der Waals surface area contributed by atoms with Crippen LogP contribution in [0.25, 0.3) is 0 Å². The molecule has 1 aromatic rings. The second-order valence-electron chi connectivity index (χ2n) is 3.98. The van der Waals surface area contributed by atoms with E-state index in [0.717, 1.165) is 37.6 Å². The van der Waals surface area contributed by atoms with Crippen LogP contribution in [0.15, 0.2) is 6.20 Å². The van der Waals surface area contributed by atoms with Crippen molar-refractivity contribution in [3.8, 4) is 0 Å². The third kappa shape index (κ3) is 2.42. The van der Waals surface area contributed by atoms with Crippen molar-refractivity contribution >= 4 is 21.8 Å². The van der Waals surface area contributed by atoms with E-state index in [4.69, 9.17) is 0 Å². The summed E-state index contributed by atoms with van der Waals surface area (Å²) < 4.78 is 0. The number of H-pyrrole nitrogens is 1. The number of nitrogens with zero attached hydrogens (tertiary/aromatic N) is 3. The second-order valence-corrected chi connectivity index (χ2v) is 4.77.